The van der Waals surface area contributed by atoms with Crippen molar-refractivity contribution in [1.29, 1.82) is 0 Å². The number of amides is 1. The van der Waals surface area contributed by atoms with E-state index in [1.165, 1.54) is 11.3 Å². The van der Waals surface area contributed by atoms with Crippen molar-refractivity contribution in [2.24, 2.45) is 0 Å². The van der Waals surface area contributed by atoms with Gasteiger partial charge in [-0.2, -0.15) is 18.3 Å². The van der Waals surface area contributed by atoms with Crippen molar-refractivity contribution >= 4 is 22.9 Å². The second-order valence-corrected chi connectivity index (χ2v) is 7.95. The van der Waals surface area contributed by atoms with Crippen LogP contribution in [0, 0.1) is 0 Å². The van der Waals surface area contributed by atoms with Crippen molar-refractivity contribution in [3.63, 3.8) is 0 Å². The van der Waals surface area contributed by atoms with Crippen molar-refractivity contribution < 1.29 is 27.4 Å². The molecule has 3 aromatic heterocycles. The predicted molar refractivity (Wildman–Crippen MR) is 110 cm³/mol. The van der Waals surface area contributed by atoms with Gasteiger partial charge in [-0.05, 0) is 29.6 Å². The lowest BCUT2D eigenvalue weighted by atomic mass is 10.2. The molecule has 0 radical (unpaired) electrons. The zero-order valence-electron chi connectivity index (χ0n) is 16.3. The number of nitrogens with one attached hydrogen (secondary N) is 1. The number of hydrogen-bond donors (Lipinski definition) is 1. The summed E-state index contributed by atoms with van der Waals surface area (Å²) in [6.45, 7) is 0.326. The fourth-order valence-electron chi connectivity index (χ4n) is 3.34. The largest absolute Gasteiger partial charge is 0.486 e. The molecule has 0 unspecified atom stereocenters. The Bertz CT molecular complexity index is 1290. The summed E-state index contributed by atoms with van der Waals surface area (Å²) in [5, 5.41) is 8.19. The van der Waals surface area contributed by atoms with E-state index >= 15 is 0 Å². The first-order valence-corrected chi connectivity index (χ1v) is 10.4. The first-order valence-electron chi connectivity index (χ1n) is 9.56. The number of carbonyl (C=O) groups excluding carboxylic acids is 1. The Morgan fingerprint density at radius 2 is 2.03 bits per heavy atom. The molecule has 0 saturated heterocycles. The van der Waals surface area contributed by atoms with Crippen LogP contribution in [0.3, 0.4) is 0 Å². The topological polar surface area (TPSA) is 77.8 Å². The molecule has 0 aliphatic carbocycles. The van der Waals surface area contributed by atoms with Gasteiger partial charge in [-0.3, -0.25) is 4.79 Å². The van der Waals surface area contributed by atoms with Crippen LogP contribution >= 0.6 is 11.3 Å². The van der Waals surface area contributed by atoms with Gasteiger partial charge in [0.25, 0.3) is 5.91 Å². The number of halogens is 3. The van der Waals surface area contributed by atoms with Crippen molar-refractivity contribution in [1.82, 2.24) is 19.9 Å². The van der Waals surface area contributed by atoms with Crippen molar-refractivity contribution in [2.45, 2.75) is 12.3 Å². The molecule has 1 aromatic carbocycles. The van der Waals surface area contributed by atoms with E-state index in [2.05, 4.69) is 15.4 Å². The summed E-state index contributed by atoms with van der Waals surface area (Å²) in [6, 6.07) is 11.5. The molecule has 164 valence electrons. The highest BCUT2D eigenvalue weighted by molar-refractivity contribution is 7.13. The van der Waals surface area contributed by atoms with Gasteiger partial charge in [-0.15, -0.1) is 11.3 Å². The smallest absolute Gasteiger partial charge is 0.433 e. The molecule has 4 heterocycles. The fourth-order valence-corrected chi connectivity index (χ4v) is 4.03. The van der Waals surface area contributed by atoms with E-state index in [1.807, 2.05) is 6.07 Å². The van der Waals surface area contributed by atoms with Gasteiger partial charge >= 0.3 is 6.18 Å². The van der Waals surface area contributed by atoms with E-state index in [-0.39, 0.29) is 30.1 Å². The summed E-state index contributed by atoms with van der Waals surface area (Å²) in [5.74, 6) is 0.570. The second kappa shape index (κ2) is 7.83. The maximum atomic E-state index is 13.6. The van der Waals surface area contributed by atoms with Crippen LogP contribution in [0.5, 0.6) is 11.5 Å². The van der Waals surface area contributed by atoms with Crippen LogP contribution in [0.4, 0.5) is 13.2 Å². The first kappa shape index (κ1) is 20.3. The second-order valence-electron chi connectivity index (χ2n) is 7.00. The molecule has 0 saturated carbocycles. The summed E-state index contributed by atoms with van der Waals surface area (Å²) in [5.41, 5.74) is -1.13. The zero-order chi connectivity index (χ0) is 22.3. The Kier molecular flexibility index (Phi) is 4.97. The van der Waals surface area contributed by atoms with Crippen molar-refractivity contribution in [2.75, 3.05) is 13.2 Å². The van der Waals surface area contributed by atoms with Crippen LogP contribution in [0.1, 0.15) is 16.1 Å². The lowest BCUT2D eigenvalue weighted by Gasteiger charge is -2.26. The summed E-state index contributed by atoms with van der Waals surface area (Å²) < 4.78 is 53.0. The summed E-state index contributed by atoms with van der Waals surface area (Å²) in [6.07, 6.45) is -4.04. The average Bonchev–Trinajstić information content (AvgIpc) is 3.46. The maximum absolute atomic E-state index is 13.6. The molecule has 0 bridgehead atoms. The lowest BCUT2D eigenvalue weighted by molar-refractivity contribution is -0.142. The van der Waals surface area contributed by atoms with Crippen LogP contribution in [0.15, 0.2) is 54.0 Å². The fraction of sp³-hybridized carbons (Fsp3) is 0.190. The summed E-state index contributed by atoms with van der Waals surface area (Å²) in [4.78, 5) is 17.6. The highest BCUT2D eigenvalue weighted by Gasteiger charge is 2.36. The number of para-hydroxylation sites is 2. The summed E-state index contributed by atoms with van der Waals surface area (Å²) >= 11 is 1.25. The Morgan fingerprint density at radius 3 is 2.78 bits per heavy atom. The number of aromatic nitrogens is 3. The molecule has 1 N–H and O–H groups in total. The minimum absolute atomic E-state index is 0.0639. The quantitative estimate of drug-likeness (QED) is 0.497. The van der Waals surface area contributed by atoms with Gasteiger partial charge in [-0.25, -0.2) is 9.50 Å². The minimum Gasteiger partial charge on any atom is -0.486 e. The van der Waals surface area contributed by atoms with E-state index in [1.54, 1.807) is 35.7 Å². The molecule has 1 amide bonds. The third-order valence-electron chi connectivity index (χ3n) is 4.84. The number of alkyl halides is 3. The lowest BCUT2D eigenvalue weighted by Crippen LogP contribution is -2.40. The number of thiophene rings is 1. The van der Waals surface area contributed by atoms with Gasteiger partial charge in [0.05, 0.1) is 23.3 Å². The van der Waals surface area contributed by atoms with Gasteiger partial charge in [0.2, 0.25) is 0 Å². The van der Waals surface area contributed by atoms with E-state index in [0.717, 1.165) is 12.3 Å². The number of nitrogens with zero attached hydrogens (tertiary/aromatic N) is 3. The Hall–Kier alpha value is -3.60. The number of rotatable bonds is 4. The molecular formula is C21H15F3N4O3S. The van der Waals surface area contributed by atoms with Crippen LogP contribution in [0.25, 0.3) is 16.2 Å². The molecule has 1 aliphatic heterocycles. The molecule has 0 spiro atoms. The van der Waals surface area contributed by atoms with Gasteiger partial charge in [-0.1, -0.05) is 18.2 Å². The molecule has 0 fully saturated rings. The zero-order valence-corrected chi connectivity index (χ0v) is 17.1. The third kappa shape index (κ3) is 3.75. The van der Waals surface area contributed by atoms with E-state index in [4.69, 9.17) is 9.47 Å². The third-order valence-corrected chi connectivity index (χ3v) is 5.73. The Morgan fingerprint density at radius 1 is 1.22 bits per heavy atom. The normalized spacial score (nSPS) is 15.7. The van der Waals surface area contributed by atoms with E-state index in [0.29, 0.717) is 20.9 Å². The molecule has 1 atom stereocenters. The van der Waals surface area contributed by atoms with Crippen molar-refractivity contribution in [3.8, 4) is 22.1 Å². The number of carbonyl (C=O) groups is 1. The molecule has 11 heteroatoms. The van der Waals surface area contributed by atoms with Crippen LogP contribution < -0.4 is 14.8 Å². The van der Waals surface area contributed by atoms with Gasteiger partial charge in [0.15, 0.2) is 22.8 Å². The number of benzene rings is 1. The Balaban J connectivity index is 1.41. The summed E-state index contributed by atoms with van der Waals surface area (Å²) in [7, 11) is 0. The number of hydrogen-bond acceptors (Lipinski definition) is 6. The predicted octanol–water partition coefficient (Wildman–Crippen LogP) is 4.05. The van der Waals surface area contributed by atoms with Gasteiger partial charge in [0.1, 0.15) is 18.3 Å². The van der Waals surface area contributed by atoms with E-state index in [9.17, 15) is 18.0 Å². The van der Waals surface area contributed by atoms with Crippen LogP contribution in [-0.2, 0) is 6.18 Å². The number of ether oxygens (including phenoxy) is 2. The van der Waals surface area contributed by atoms with Crippen LogP contribution in [0.2, 0.25) is 0 Å². The molecule has 4 aromatic rings. The van der Waals surface area contributed by atoms with E-state index < -0.39 is 23.9 Å². The monoisotopic (exact) mass is 460 g/mol. The molecule has 5 rings (SSSR count). The van der Waals surface area contributed by atoms with Crippen LogP contribution in [-0.4, -0.2) is 39.8 Å². The molecular weight excluding hydrogens is 445 g/mol. The standard InChI is InChI=1S/C21H15F3N4O3S/c22-21(23,24)18-8-14(17-6-3-7-32-17)27-19-13(10-26-28(18)19)20(29)25-9-12-11-30-15-4-1-2-5-16(15)31-12/h1-8,10,12H,9,11H2,(H,25,29)/t12-/m1/s1. The highest BCUT2D eigenvalue weighted by atomic mass is 32.1. The molecule has 32 heavy (non-hydrogen) atoms. The first-order chi connectivity index (χ1) is 15.4. The Labute approximate surface area is 183 Å². The SMILES string of the molecule is O=C(NC[C@@H]1COc2ccccc2O1)c1cnn2c(C(F)(F)F)cc(-c3cccs3)nc12. The average molecular weight is 460 g/mol. The maximum Gasteiger partial charge on any atom is 0.433 e. The molecule has 7 nitrogen and oxygen atoms in total. The number of fused-ring (bicyclic) bond motifs is 2. The molecule has 1 aliphatic rings. The van der Waals surface area contributed by atoms with Gasteiger partial charge < -0.3 is 14.8 Å². The minimum atomic E-state index is -4.67. The van der Waals surface area contributed by atoms with Crippen molar-refractivity contribution in [3.05, 3.63) is 65.3 Å². The van der Waals surface area contributed by atoms with Gasteiger partial charge in [0, 0.05) is 0 Å². The highest BCUT2D eigenvalue weighted by Crippen LogP contribution is 2.34.